The number of likely N-dealkylation sites (tertiary alicyclic amines) is 1. The van der Waals surface area contributed by atoms with Crippen LogP contribution in [0, 0.1) is 6.92 Å². The Kier molecular flexibility index (Phi) is 8.55. The molecule has 1 aliphatic rings. The monoisotopic (exact) mass is 504 g/mol. The summed E-state index contributed by atoms with van der Waals surface area (Å²) in [5, 5.41) is 3.03. The van der Waals surface area contributed by atoms with Gasteiger partial charge in [0.05, 0.1) is 23.7 Å². The SMILES string of the molecule is CCOc1cc(C(=O)Nc2nc3cccc(C)c3n2C2CCCCN(C(=O)/C=C/CN(C)C)C2)ccn1. The first-order valence-corrected chi connectivity index (χ1v) is 12.8. The normalized spacial score (nSPS) is 16.4. The number of imidazole rings is 1. The van der Waals surface area contributed by atoms with Crippen molar-refractivity contribution in [3.8, 4) is 5.88 Å². The van der Waals surface area contributed by atoms with Gasteiger partial charge in [-0.1, -0.05) is 18.2 Å². The van der Waals surface area contributed by atoms with Gasteiger partial charge in [0, 0.05) is 43.5 Å². The van der Waals surface area contributed by atoms with E-state index in [4.69, 9.17) is 9.72 Å². The van der Waals surface area contributed by atoms with Gasteiger partial charge in [0.15, 0.2) is 0 Å². The molecule has 1 fully saturated rings. The summed E-state index contributed by atoms with van der Waals surface area (Å²) in [6.45, 7) is 6.37. The number of carbonyl (C=O) groups excluding carboxylic acids is 2. The second-order valence-corrected chi connectivity index (χ2v) is 9.62. The predicted octanol–water partition coefficient (Wildman–Crippen LogP) is 4.06. The van der Waals surface area contributed by atoms with Gasteiger partial charge in [-0.25, -0.2) is 9.97 Å². The maximum absolute atomic E-state index is 13.3. The van der Waals surface area contributed by atoms with Gasteiger partial charge in [-0.3, -0.25) is 14.9 Å². The van der Waals surface area contributed by atoms with Crippen molar-refractivity contribution in [2.45, 2.75) is 39.2 Å². The van der Waals surface area contributed by atoms with E-state index in [0.29, 0.717) is 43.6 Å². The molecule has 3 heterocycles. The van der Waals surface area contributed by atoms with Gasteiger partial charge >= 0.3 is 0 Å². The molecule has 196 valence electrons. The molecular weight excluding hydrogens is 468 g/mol. The van der Waals surface area contributed by atoms with Crippen LogP contribution in [0.4, 0.5) is 5.95 Å². The molecule has 0 spiro atoms. The number of rotatable bonds is 8. The number of aryl methyl sites for hydroxylation is 1. The Morgan fingerprint density at radius 2 is 2.08 bits per heavy atom. The summed E-state index contributed by atoms with van der Waals surface area (Å²) < 4.78 is 7.57. The summed E-state index contributed by atoms with van der Waals surface area (Å²) in [7, 11) is 3.95. The van der Waals surface area contributed by atoms with E-state index in [1.165, 1.54) is 0 Å². The molecule has 9 heteroatoms. The van der Waals surface area contributed by atoms with Crippen molar-refractivity contribution in [2.75, 3.05) is 45.7 Å². The average molecular weight is 505 g/mol. The van der Waals surface area contributed by atoms with E-state index >= 15 is 0 Å². The smallest absolute Gasteiger partial charge is 0.258 e. The van der Waals surface area contributed by atoms with Crippen LogP contribution in [0.1, 0.15) is 48.1 Å². The Bertz CT molecular complexity index is 1280. The summed E-state index contributed by atoms with van der Waals surface area (Å²) in [5.41, 5.74) is 3.30. The van der Waals surface area contributed by atoms with E-state index < -0.39 is 0 Å². The number of para-hydroxylation sites is 1. The molecule has 9 nitrogen and oxygen atoms in total. The summed E-state index contributed by atoms with van der Waals surface area (Å²) in [6.07, 6.45) is 7.94. The van der Waals surface area contributed by atoms with Crippen LogP contribution < -0.4 is 10.1 Å². The molecular formula is C28H36N6O3. The molecule has 1 saturated heterocycles. The maximum Gasteiger partial charge on any atom is 0.258 e. The fourth-order valence-corrected chi connectivity index (χ4v) is 4.72. The molecule has 3 aromatic rings. The number of hydrogen-bond acceptors (Lipinski definition) is 6. The van der Waals surface area contributed by atoms with Gasteiger partial charge in [-0.15, -0.1) is 0 Å². The maximum atomic E-state index is 13.3. The summed E-state index contributed by atoms with van der Waals surface area (Å²) in [6, 6.07) is 9.23. The molecule has 37 heavy (non-hydrogen) atoms. The van der Waals surface area contributed by atoms with Gasteiger partial charge in [0.2, 0.25) is 17.7 Å². The number of anilines is 1. The minimum Gasteiger partial charge on any atom is -0.478 e. The number of nitrogens with zero attached hydrogens (tertiary/aromatic N) is 5. The molecule has 0 bridgehead atoms. The topological polar surface area (TPSA) is 92.6 Å². The van der Waals surface area contributed by atoms with Gasteiger partial charge in [-0.2, -0.15) is 0 Å². The van der Waals surface area contributed by atoms with E-state index in [0.717, 1.165) is 35.9 Å². The lowest BCUT2D eigenvalue weighted by Crippen LogP contribution is -2.35. The van der Waals surface area contributed by atoms with Crippen LogP contribution in [0.25, 0.3) is 11.0 Å². The summed E-state index contributed by atoms with van der Waals surface area (Å²) in [4.78, 5) is 39.2. The molecule has 1 atom stereocenters. The average Bonchev–Trinajstić information content (AvgIpc) is 3.06. The van der Waals surface area contributed by atoms with E-state index in [1.54, 1.807) is 24.4 Å². The van der Waals surface area contributed by atoms with Crippen molar-refractivity contribution in [1.82, 2.24) is 24.3 Å². The lowest BCUT2D eigenvalue weighted by atomic mass is 10.1. The first kappa shape index (κ1) is 26.3. The number of fused-ring (bicyclic) bond motifs is 1. The third kappa shape index (κ3) is 6.35. The Morgan fingerprint density at radius 3 is 2.86 bits per heavy atom. The Hall–Kier alpha value is -3.72. The van der Waals surface area contributed by atoms with Crippen molar-refractivity contribution < 1.29 is 14.3 Å². The zero-order valence-corrected chi connectivity index (χ0v) is 22.1. The van der Waals surface area contributed by atoms with Crippen LogP contribution in [0.15, 0.2) is 48.7 Å². The van der Waals surface area contributed by atoms with Gasteiger partial charge in [0.25, 0.3) is 5.91 Å². The first-order chi connectivity index (χ1) is 17.9. The molecule has 2 aromatic heterocycles. The highest BCUT2D eigenvalue weighted by Crippen LogP contribution is 2.32. The van der Waals surface area contributed by atoms with Crippen LogP contribution in [-0.4, -0.2) is 76.5 Å². The predicted molar refractivity (Wildman–Crippen MR) is 145 cm³/mol. The number of pyridine rings is 1. The Balaban J connectivity index is 1.66. The number of hydrogen-bond donors (Lipinski definition) is 1. The zero-order valence-electron chi connectivity index (χ0n) is 22.1. The fourth-order valence-electron chi connectivity index (χ4n) is 4.72. The minimum absolute atomic E-state index is 0.0146. The second kappa shape index (κ2) is 12.0. The summed E-state index contributed by atoms with van der Waals surface area (Å²) >= 11 is 0. The lowest BCUT2D eigenvalue weighted by molar-refractivity contribution is -0.126. The fraction of sp³-hybridized carbons (Fsp3) is 0.429. The van der Waals surface area contributed by atoms with Crippen molar-refractivity contribution in [3.63, 3.8) is 0 Å². The van der Waals surface area contributed by atoms with Crippen LogP contribution in [0.5, 0.6) is 5.88 Å². The zero-order chi connectivity index (χ0) is 26.4. The van der Waals surface area contributed by atoms with E-state index in [2.05, 4.69) is 14.9 Å². The number of ether oxygens (including phenoxy) is 1. The number of likely N-dealkylation sites (N-methyl/N-ethyl adjacent to an activating group) is 1. The van der Waals surface area contributed by atoms with Gasteiger partial charge in [0.1, 0.15) is 0 Å². The van der Waals surface area contributed by atoms with E-state index in [1.807, 2.05) is 62.0 Å². The number of benzene rings is 1. The molecule has 4 rings (SSSR count). The number of carbonyl (C=O) groups is 2. The van der Waals surface area contributed by atoms with Gasteiger partial charge < -0.3 is 19.1 Å². The molecule has 1 aromatic carbocycles. The van der Waals surface area contributed by atoms with Crippen molar-refractivity contribution in [3.05, 3.63) is 59.8 Å². The molecule has 1 unspecified atom stereocenters. The number of aromatic nitrogens is 3. The first-order valence-electron chi connectivity index (χ1n) is 12.8. The van der Waals surface area contributed by atoms with Crippen molar-refractivity contribution in [1.29, 1.82) is 0 Å². The molecule has 2 amide bonds. The molecule has 1 N–H and O–H groups in total. The standard InChI is InChI=1S/C28H36N6O3/c1-5-37-24-18-21(14-15-29-24)27(36)31-28-30-23-12-8-10-20(2)26(23)34(28)22-11-6-7-17-33(19-22)25(35)13-9-16-32(3)4/h8-10,12-15,18,22H,5-7,11,16-17,19H2,1-4H3,(H,30,31,36)/b13-9+. The van der Waals surface area contributed by atoms with Crippen molar-refractivity contribution in [2.24, 2.45) is 0 Å². The van der Waals surface area contributed by atoms with Crippen LogP contribution in [0.3, 0.4) is 0 Å². The Labute approximate surface area is 218 Å². The minimum atomic E-state index is -0.286. The highest BCUT2D eigenvalue weighted by atomic mass is 16.5. The van der Waals surface area contributed by atoms with E-state index in [-0.39, 0.29) is 17.9 Å². The van der Waals surface area contributed by atoms with Crippen LogP contribution in [0.2, 0.25) is 0 Å². The third-order valence-electron chi connectivity index (χ3n) is 6.48. The van der Waals surface area contributed by atoms with Crippen LogP contribution in [-0.2, 0) is 4.79 Å². The van der Waals surface area contributed by atoms with Crippen LogP contribution >= 0.6 is 0 Å². The highest BCUT2D eigenvalue weighted by Gasteiger charge is 2.27. The largest absolute Gasteiger partial charge is 0.478 e. The van der Waals surface area contributed by atoms with Crippen molar-refractivity contribution >= 4 is 28.8 Å². The molecule has 0 radical (unpaired) electrons. The van der Waals surface area contributed by atoms with E-state index in [9.17, 15) is 9.59 Å². The summed E-state index contributed by atoms with van der Waals surface area (Å²) in [5.74, 6) is 0.609. The number of amides is 2. The lowest BCUT2D eigenvalue weighted by Gasteiger charge is -2.26. The highest BCUT2D eigenvalue weighted by molar-refractivity contribution is 6.04. The third-order valence-corrected chi connectivity index (χ3v) is 6.48. The van der Waals surface area contributed by atoms with Gasteiger partial charge in [-0.05, 0) is 64.9 Å². The quantitative estimate of drug-likeness (QED) is 0.465. The Morgan fingerprint density at radius 1 is 1.24 bits per heavy atom. The number of nitrogens with one attached hydrogen (secondary N) is 1. The molecule has 0 saturated carbocycles. The molecule has 1 aliphatic heterocycles. The molecule has 0 aliphatic carbocycles. The second-order valence-electron chi connectivity index (χ2n) is 9.62.